The van der Waals surface area contributed by atoms with Crippen LogP contribution in [0.4, 0.5) is 4.39 Å². The Morgan fingerprint density at radius 1 is 0.727 bits per heavy atom. The minimum Gasteiger partial charge on any atom is -0.493 e. The highest BCUT2D eigenvalue weighted by atomic mass is 19.1. The number of rotatable bonds is 14. The fourth-order valence-corrected chi connectivity index (χ4v) is 5.14. The van der Waals surface area contributed by atoms with E-state index in [4.69, 9.17) is 4.74 Å². The van der Waals surface area contributed by atoms with Gasteiger partial charge in [-0.1, -0.05) is 95.5 Å². The minimum absolute atomic E-state index is 0.136. The lowest BCUT2D eigenvalue weighted by Gasteiger charge is -2.28. The van der Waals surface area contributed by atoms with Crippen LogP contribution in [-0.2, 0) is 19.3 Å². The number of hydrogen-bond donors (Lipinski definition) is 0. The quantitative estimate of drug-likeness (QED) is 0.260. The molecule has 1 aliphatic rings. The second kappa shape index (κ2) is 14.4. The smallest absolute Gasteiger partial charge is 0.130 e. The van der Waals surface area contributed by atoms with E-state index < -0.39 is 0 Å². The Balaban J connectivity index is 1.38. The van der Waals surface area contributed by atoms with Crippen molar-refractivity contribution in [2.24, 2.45) is 11.8 Å². The van der Waals surface area contributed by atoms with Crippen molar-refractivity contribution in [3.05, 3.63) is 65.0 Å². The maximum atomic E-state index is 14.7. The van der Waals surface area contributed by atoms with Gasteiger partial charge in [0.05, 0.1) is 6.61 Å². The van der Waals surface area contributed by atoms with Crippen molar-refractivity contribution < 1.29 is 9.13 Å². The van der Waals surface area contributed by atoms with Crippen molar-refractivity contribution >= 4 is 0 Å². The number of ether oxygens (including phenoxy) is 1. The lowest BCUT2D eigenvalue weighted by Crippen LogP contribution is -2.20. The molecular weight excluding hydrogens is 407 g/mol. The van der Waals surface area contributed by atoms with Gasteiger partial charge < -0.3 is 4.74 Å². The number of aryl methyl sites for hydroxylation is 3. The summed E-state index contributed by atoms with van der Waals surface area (Å²) in [7, 11) is 0. The molecule has 1 aliphatic carbocycles. The Morgan fingerprint density at radius 3 is 2.03 bits per heavy atom. The predicted molar refractivity (Wildman–Crippen MR) is 139 cm³/mol. The van der Waals surface area contributed by atoms with Crippen LogP contribution in [0.5, 0.6) is 5.75 Å². The molecular formula is C31H45FO. The van der Waals surface area contributed by atoms with Crippen molar-refractivity contribution in [3.63, 3.8) is 0 Å². The van der Waals surface area contributed by atoms with Gasteiger partial charge in [0, 0.05) is 6.07 Å². The van der Waals surface area contributed by atoms with Crippen LogP contribution in [0.3, 0.4) is 0 Å². The summed E-state index contributed by atoms with van der Waals surface area (Å²) >= 11 is 0. The summed E-state index contributed by atoms with van der Waals surface area (Å²) in [6.07, 6.45) is 17.2. The summed E-state index contributed by atoms with van der Waals surface area (Å²) in [5, 5.41) is 0. The van der Waals surface area contributed by atoms with Crippen molar-refractivity contribution in [1.29, 1.82) is 0 Å². The van der Waals surface area contributed by atoms with Crippen LogP contribution in [0, 0.1) is 17.7 Å². The topological polar surface area (TPSA) is 9.23 Å². The van der Waals surface area contributed by atoms with Crippen molar-refractivity contribution in [2.75, 3.05) is 6.61 Å². The minimum atomic E-state index is -0.136. The van der Waals surface area contributed by atoms with Crippen LogP contribution in [0.25, 0.3) is 0 Å². The first-order valence-electron chi connectivity index (χ1n) is 13.7. The molecule has 182 valence electrons. The monoisotopic (exact) mass is 452 g/mol. The molecule has 0 radical (unpaired) electrons. The Hall–Kier alpha value is -1.83. The third kappa shape index (κ3) is 9.14. The Morgan fingerprint density at radius 2 is 1.36 bits per heavy atom. The van der Waals surface area contributed by atoms with Gasteiger partial charge in [-0.25, -0.2) is 4.39 Å². The van der Waals surface area contributed by atoms with Gasteiger partial charge in [0.1, 0.15) is 11.6 Å². The van der Waals surface area contributed by atoms with Gasteiger partial charge >= 0.3 is 0 Å². The molecule has 3 rings (SSSR count). The normalized spacial score (nSPS) is 18.4. The molecule has 1 saturated carbocycles. The molecule has 0 N–H and O–H groups in total. The molecule has 2 aromatic carbocycles. The van der Waals surface area contributed by atoms with Crippen LogP contribution in [0.1, 0.15) is 101 Å². The predicted octanol–water partition coefficient (Wildman–Crippen LogP) is 9.11. The third-order valence-electron chi connectivity index (χ3n) is 7.47. The maximum Gasteiger partial charge on any atom is 0.130 e. The molecule has 33 heavy (non-hydrogen) atoms. The van der Waals surface area contributed by atoms with E-state index in [1.807, 2.05) is 12.1 Å². The average molecular weight is 453 g/mol. The average Bonchev–Trinajstić information content (AvgIpc) is 2.84. The second-order valence-electron chi connectivity index (χ2n) is 10.2. The third-order valence-corrected chi connectivity index (χ3v) is 7.47. The molecule has 1 nitrogen and oxygen atoms in total. The van der Waals surface area contributed by atoms with E-state index in [0.717, 1.165) is 37.4 Å². The summed E-state index contributed by atoms with van der Waals surface area (Å²) in [4.78, 5) is 0. The van der Waals surface area contributed by atoms with E-state index in [-0.39, 0.29) is 5.82 Å². The van der Waals surface area contributed by atoms with Gasteiger partial charge in [-0.3, -0.25) is 0 Å². The van der Waals surface area contributed by atoms with Gasteiger partial charge in [0.15, 0.2) is 0 Å². The van der Waals surface area contributed by atoms with Gasteiger partial charge in [-0.2, -0.15) is 0 Å². The molecule has 0 aliphatic heterocycles. The molecule has 0 aromatic heterocycles. The van der Waals surface area contributed by atoms with Gasteiger partial charge in [-0.15, -0.1) is 0 Å². The standard InChI is InChI=1S/C31H45FO/c1-3-5-7-9-25-11-13-27(14-12-25)19-20-29-21-22-30(23-31(29)32)33-24-28-17-15-26(16-18-28)10-8-6-4-2/h11-14,21-23,26,28H,3-10,15-20,24H2,1-2H3/t26-,28-. The summed E-state index contributed by atoms with van der Waals surface area (Å²) in [6, 6.07) is 14.3. The maximum absolute atomic E-state index is 14.7. The molecule has 0 amide bonds. The van der Waals surface area contributed by atoms with Gasteiger partial charge in [0.25, 0.3) is 0 Å². The van der Waals surface area contributed by atoms with E-state index in [1.165, 1.54) is 81.8 Å². The first-order chi connectivity index (χ1) is 16.2. The van der Waals surface area contributed by atoms with Crippen molar-refractivity contribution in [1.82, 2.24) is 0 Å². The van der Waals surface area contributed by atoms with Crippen LogP contribution in [-0.4, -0.2) is 6.61 Å². The van der Waals surface area contributed by atoms with Crippen LogP contribution in [0.2, 0.25) is 0 Å². The zero-order valence-corrected chi connectivity index (χ0v) is 21.1. The molecule has 0 atom stereocenters. The summed E-state index contributed by atoms with van der Waals surface area (Å²) in [5.41, 5.74) is 3.46. The molecule has 0 saturated heterocycles. The summed E-state index contributed by atoms with van der Waals surface area (Å²) < 4.78 is 20.7. The lowest BCUT2D eigenvalue weighted by atomic mass is 9.80. The zero-order valence-electron chi connectivity index (χ0n) is 21.1. The summed E-state index contributed by atoms with van der Waals surface area (Å²) in [5.74, 6) is 2.09. The molecule has 0 heterocycles. The highest BCUT2D eigenvalue weighted by Gasteiger charge is 2.21. The van der Waals surface area contributed by atoms with Crippen LogP contribution in [0.15, 0.2) is 42.5 Å². The van der Waals surface area contributed by atoms with E-state index in [2.05, 4.69) is 38.1 Å². The number of hydrogen-bond acceptors (Lipinski definition) is 1. The molecule has 0 unspecified atom stereocenters. The number of halogens is 1. The van der Waals surface area contributed by atoms with E-state index in [0.29, 0.717) is 11.7 Å². The Bertz CT molecular complexity index is 789. The fraction of sp³-hybridized carbons (Fsp3) is 0.613. The lowest BCUT2D eigenvalue weighted by molar-refractivity contribution is 0.177. The number of unbranched alkanes of at least 4 members (excludes halogenated alkanes) is 4. The van der Waals surface area contributed by atoms with Crippen molar-refractivity contribution in [2.45, 2.75) is 104 Å². The highest BCUT2D eigenvalue weighted by Crippen LogP contribution is 2.32. The van der Waals surface area contributed by atoms with Crippen molar-refractivity contribution in [3.8, 4) is 5.75 Å². The Labute approximate surface area is 202 Å². The number of benzene rings is 2. The molecule has 2 aromatic rings. The first-order valence-corrected chi connectivity index (χ1v) is 13.7. The second-order valence-corrected chi connectivity index (χ2v) is 10.2. The van der Waals surface area contributed by atoms with E-state index in [1.54, 1.807) is 6.07 Å². The Kier molecular flexibility index (Phi) is 11.3. The van der Waals surface area contributed by atoms with Crippen LogP contribution < -0.4 is 4.74 Å². The molecule has 0 spiro atoms. The molecule has 0 bridgehead atoms. The molecule has 2 heteroatoms. The van der Waals surface area contributed by atoms with E-state index in [9.17, 15) is 4.39 Å². The van der Waals surface area contributed by atoms with Gasteiger partial charge in [0.2, 0.25) is 0 Å². The summed E-state index contributed by atoms with van der Waals surface area (Å²) in [6.45, 7) is 5.24. The van der Waals surface area contributed by atoms with Crippen LogP contribution >= 0.6 is 0 Å². The SMILES string of the molecule is CCCCCc1ccc(CCc2ccc(OC[C@H]3CC[C@H](CCCCC)CC3)cc2F)cc1. The fourth-order valence-electron chi connectivity index (χ4n) is 5.14. The van der Waals surface area contributed by atoms with E-state index >= 15 is 0 Å². The first kappa shape index (κ1) is 25.8. The molecule has 1 fully saturated rings. The highest BCUT2D eigenvalue weighted by molar-refractivity contribution is 5.30. The largest absolute Gasteiger partial charge is 0.493 e. The van der Waals surface area contributed by atoms with Gasteiger partial charge in [-0.05, 0) is 73.1 Å². The zero-order chi connectivity index (χ0) is 23.3.